The van der Waals surface area contributed by atoms with E-state index in [1.54, 1.807) is 0 Å². The van der Waals surface area contributed by atoms with Crippen LogP contribution in [0.4, 0.5) is 0 Å². The summed E-state index contributed by atoms with van der Waals surface area (Å²) in [5.41, 5.74) is 0. The second-order valence-electron chi connectivity index (χ2n) is 5.25. The fourth-order valence-electron chi connectivity index (χ4n) is 2.65. The summed E-state index contributed by atoms with van der Waals surface area (Å²) in [6, 6.07) is 14.0. The van der Waals surface area contributed by atoms with E-state index < -0.39 is 0 Å². The van der Waals surface area contributed by atoms with Crippen LogP contribution in [0.25, 0.3) is 10.8 Å². The van der Waals surface area contributed by atoms with E-state index in [9.17, 15) is 4.79 Å². The number of halogens is 1. The lowest BCUT2D eigenvalue weighted by Gasteiger charge is -2.20. The fraction of sp³-hybridized carbons (Fsp3) is 0.353. The normalized spacial score (nSPS) is 15.0. The van der Waals surface area contributed by atoms with Crippen LogP contribution in [-0.2, 0) is 4.79 Å². The predicted octanol–water partition coefficient (Wildman–Crippen LogP) is 2.46. The minimum absolute atomic E-state index is 0. The molecule has 1 aliphatic heterocycles. The Morgan fingerprint density at radius 2 is 1.91 bits per heavy atom. The third-order valence-corrected chi connectivity index (χ3v) is 3.79. The van der Waals surface area contributed by atoms with Crippen molar-refractivity contribution in [2.24, 2.45) is 0 Å². The molecule has 2 aromatic rings. The Morgan fingerprint density at radius 3 is 2.82 bits per heavy atom. The van der Waals surface area contributed by atoms with Crippen LogP contribution in [0.5, 0.6) is 5.75 Å². The van der Waals surface area contributed by atoms with E-state index in [2.05, 4.69) is 5.32 Å². The van der Waals surface area contributed by atoms with Crippen LogP contribution in [0.2, 0.25) is 0 Å². The summed E-state index contributed by atoms with van der Waals surface area (Å²) in [4.78, 5) is 14.1. The topological polar surface area (TPSA) is 41.6 Å². The van der Waals surface area contributed by atoms with Crippen LogP contribution in [0.15, 0.2) is 42.5 Å². The Hall–Kier alpha value is -1.78. The molecule has 0 aromatic heterocycles. The lowest BCUT2D eigenvalue weighted by atomic mass is 10.1. The second-order valence-corrected chi connectivity index (χ2v) is 5.25. The van der Waals surface area contributed by atoms with Gasteiger partial charge in [-0.25, -0.2) is 0 Å². The molecule has 0 atom stereocenters. The van der Waals surface area contributed by atoms with Crippen LogP contribution < -0.4 is 10.1 Å². The second kappa shape index (κ2) is 8.01. The summed E-state index contributed by atoms with van der Waals surface area (Å²) in [7, 11) is 0. The average Bonchev–Trinajstić information content (AvgIpc) is 2.82. The molecule has 1 fully saturated rings. The zero-order valence-corrected chi connectivity index (χ0v) is 13.3. The van der Waals surface area contributed by atoms with Crippen LogP contribution >= 0.6 is 12.4 Å². The molecule has 118 valence electrons. The molecule has 0 unspecified atom stereocenters. The zero-order valence-electron chi connectivity index (χ0n) is 12.5. The van der Waals surface area contributed by atoms with Gasteiger partial charge in [0.1, 0.15) is 5.75 Å². The molecule has 1 heterocycles. The molecule has 5 heteroatoms. The summed E-state index contributed by atoms with van der Waals surface area (Å²) < 4.78 is 5.76. The van der Waals surface area contributed by atoms with Crippen molar-refractivity contribution in [1.29, 1.82) is 0 Å². The Balaban J connectivity index is 0.00000176. The molecule has 0 aliphatic carbocycles. The van der Waals surface area contributed by atoms with Gasteiger partial charge in [-0.1, -0.05) is 36.4 Å². The molecule has 0 radical (unpaired) electrons. The summed E-state index contributed by atoms with van der Waals surface area (Å²) in [5, 5.41) is 5.47. The van der Waals surface area contributed by atoms with Crippen molar-refractivity contribution in [3.8, 4) is 5.75 Å². The average molecular weight is 321 g/mol. The van der Waals surface area contributed by atoms with Gasteiger partial charge in [0.25, 0.3) is 5.91 Å². The van der Waals surface area contributed by atoms with E-state index in [0.29, 0.717) is 0 Å². The van der Waals surface area contributed by atoms with E-state index >= 15 is 0 Å². The Kier molecular flexibility index (Phi) is 6.04. The van der Waals surface area contributed by atoms with Gasteiger partial charge < -0.3 is 15.0 Å². The standard InChI is InChI=1S/C17H20N2O2.ClH/c20-17(19-11-4-9-18-10-12-19)13-21-16-8-3-6-14-5-1-2-7-15(14)16;/h1-3,5-8,18H,4,9-13H2;1H. The number of fused-ring (bicyclic) bond motifs is 1. The van der Waals surface area contributed by atoms with E-state index in [1.807, 2.05) is 47.4 Å². The minimum Gasteiger partial charge on any atom is -0.483 e. The van der Waals surface area contributed by atoms with E-state index in [0.717, 1.165) is 49.1 Å². The van der Waals surface area contributed by atoms with Gasteiger partial charge in [0.2, 0.25) is 0 Å². The maximum atomic E-state index is 12.2. The van der Waals surface area contributed by atoms with Crippen LogP contribution in [0.3, 0.4) is 0 Å². The highest BCUT2D eigenvalue weighted by atomic mass is 35.5. The highest BCUT2D eigenvalue weighted by Crippen LogP contribution is 2.25. The quantitative estimate of drug-likeness (QED) is 0.944. The van der Waals surface area contributed by atoms with Crippen molar-refractivity contribution in [3.05, 3.63) is 42.5 Å². The largest absolute Gasteiger partial charge is 0.483 e. The van der Waals surface area contributed by atoms with Crippen molar-refractivity contribution >= 4 is 29.1 Å². The number of hydrogen-bond acceptors (Lipinski definition) is 3. The maximum absolute atomic E-state index is 12.2. The molecule has 1 saturated heterocycles. The van der Waals surface area contributed by atoms with Gasteiger partial charge in [0.05, 0.1) is 0 Å². The maximum Gasteiger partial charge on any atom is 0.260 e. The molecule has 1 aliphatic rings. The number of amides is 1. The Morgan fingerprint density at radius 1 is 1.09 bits per heavy atom. The Labute approximate surface area is 136 Å². The number of hydrogen-bond donors (Lipinski definition) is 1. The molecular weight excluding hydrogens is 300 g/mol. The highest BCUT2D eigenvalue weighted by molar-refractivity contribution is 5.88. The number of benzene rings is 2. The first-order valence-corrected chi connectivity index (χ1v) is 7.44. The van der Waals surface area contributed by atoms with Gasteiger partial charge in [-0.2, -0.15) is 0 Å². The third kappa shape index (κ3) is 3.90. The summed E-state index contributed by atoms with van der Waals surface area (Å²) in [5.74, 6) is 0.834. The number of nitrogens with one attached hydrogen (secondary N) is 1. The van der Waals surface area contributed by atoms with Crippen molar-refractivity contribution in [2.75, 3.05) is 32.8 Å². The van der Waals surface area contributed by atoms with Gasteiger partial charge in [0.15, 0.2) is 6.61 Å². The van der Waals surface area contributed by atoms with Gasteiger partial charge in [0, 0.05) is 25.0 Å². The first kappa shape index (κ1) is 16.6. The molecule has 0 spiro atoms. The van der Waals surface area contributed by atoms with Crippen molar-refractivity contribution < 1.29 is 9.53 Å². The molecule has 2 aromatic carbocycles. The number of carbonyl (C=O) groups is 1. The van der Waals surface area contributed by atoms with Gasteiger partial charge in [-0.05, 0) is 24.4 Å². The first-order valence-electron chi connectivity index (χ1n) is 7.44. The van der Waals surface area contributed by atoms with E-state index in [-0.39, 0.29) is 24.9 Å². The number of rotatable bonds is 3. The van der Waals surface area contributed by atoms with E-state index in [4.69, 9.17) is 4.74 Å². The summed E-state index contributed by atoms with van der Waals surface area (Å²) in [6.07, 6.45) is 1.00. The lowest BCUT2D eigenvalue weighted by molar-refractivity contribution is -0.133. The third-order valence-electron chi connectivity index (χ3n) is 3.79. The molecule has 22 heavy (non-hydrogen) atoms. The molecular formula is C17H21ClN2O2. The fourth-order valence-corrected chi connectivity index (χ4v) is 2.65. The van der Waals surface area contributed by atoms with E-state index in [1.165, 1.54) is 0 Å². The summed E-state index contributed by atoms with van der Waals surface area (Å²) in [6.45, 7) is 3.52. The number of nitrogens with zero attached hydrogens (tertiary/aromatic N) is 1. The van der Waals surface area contributed by atoms with Crippen LogP contribution in [0, 0.1) is 0 Å². The minimum atomic E-state index is 0. The SMILES string of the molecule is Cl.O=C(COc1cccc2ccccc12)N1CCCNCC1. The number of carbonyl (C=O) groups excluding carboxylic acids is 1. The molecule has 4 nitrogen and oxygen atoms in total. The monoisotopic (exact) mass is 320 g/mol. The number of ether oxygens (including phenoxy) is 1. The van der Waals surface area contributed by atoms with Crippen molar-refractivity contribution in [1.82, 2.24) is 10.2 Å². The van der Waals surface area contributed by atoms with Gasteiger partial charge in [-0.15, -0.1) is 12.4 Å². The van der Waals surface area contributed by atoms with Gasteiger partial charge in [-0.3, -0.25) is 4.79 Å². The summed E-state index contributed by atoms with van der Waals surface area (Å²) >= 11 is 0. The zero-order chi connectivity index (χ0) is 14.5. The predicted molar refractivity (Wildman–Crippen MR) is 90.8 cm³/mol. The molecule has 0 bridgehead atoms. The van der Waals surface area contributed by atoms with Crippen molar-refractivity contribution in [3.63, 3.8) is 0 Å². The highest BCUT2D eigenvalue weighted by Gasteiger charge is 2.16. The smallest absolute Gasteiger partial charge is 0.260 e. The molecule has 0 saturated carbocycles. The molecule has 3 rings (SSSR count). The van der Waals surface area contributed by atoms with Crippen LogP contribution in [-0.4, -0.2) is 43.6 Å². The Bertz CT molecular complexity index is 620. The lowest BCUT2D eigenvalue weighted by Crippen LogP contribution is -2.37. The van der Waals surface area contributed by atoms with Crippen molar-refractivity contribution in [2.45, 2.75) is 6.42 Å². The molecule has 1 N–H and O–H groups in total. The first-order chi connectivity index (χ1) is 10.3. The van der Waals surface area contributed by atoms with Gasteiger partial charge >= 0.3 is 0 Å². The van der Waals surface area contributed by atoms with Crippen LogP contribution in [0.1, 0.15) is 6.42 Å². The molecule has 1 amide bonds.